The summed E-state index contributed by atoms with van der Waals surface area (Å²) in [5.74, 6) is -0.406. The average molecular weight is 258 g/mol. The molecule has 1 N–H and O–H groups in total. The van der Waals surface area contributed by atoms with Gasteiger partial charge < -0.3 is 9.72 Å². The molecule has 0 radical (unpaired) electrons. The van der Waals surface area contributed by atoms with Crippen molar-refractivity contribution in [3.05, 3.63) is 42.2 Å². The maximum absolute atomic E-state index is 11.4. The quantitative estimate of drug-likeness (QED) is 0.719. The van der Waals surface area contributed by atoms with Gasteiger partial charge in [-0.05, 0) is 23.7 Å². The number of nitrogens with one attached hydrogen (secondary N) is 1. The van der Waals surface area contributed by atoms with Gasteiger partial charge in [-0.15, -0.1) is 0 Å². The molecule has 0 saturated heterocycles. The molecule has 3 aromatic rings. The molecule has 0 spiro atoms. The molecule has 0 atom stereocenters. The molecular weight excluding hydrogens is 248 g/mol. The van der Waals surface area contributed by atoms with E-state index in [0.29, 0.717) is 5.69 Å². The average Bonchev–Trinajstić information content (AvgIpc) is 3.05. The number of H-pyrrole nitrogens is 1. The Balaban J connectivity index is 2.12. The van der Waals surface area contributed by atoms with Crippen LogP contribution in [0.1, 0.15) is 10.5 Å². The Labute approximate surface area is 107 Å². The summed E-state index contributed by atoms with van der Waals surface area (Å²) in [7, 11) is 1.35. The van der Waals surface area contributed by atoms with E-state index in [1.54, 1.807) is 6.07 Å². The van der Waals surface area contributed by atoms with Gasteiger partial charge in [-0.3, -0.25) is 0 Å². The number of hydrogen-bond acceptors (Lipinski definition) is 4. The van der Waals surface area contributed by atoms with E-state index in [0.717, 1.165) is 21.3 Å². The third-order valence-corrected chi connectivity index (χ3v) is 3.58. The number of nitrogens with zero attached hydrogens (tertiary/aromatic N) is 1. The van der Waals surface area contributed by atoms with E-state index in [-0.39, 0.29) is 0 Å². The van der Waals surface area contributed by atoms with E-state index in [2.05, 4.69) is 14.1 Å². The van der Waals surface area contributed by atoms with Gasteiger partial charge in [-0.2, -0.15) is 4.37 Å². The van der Waals surface area contributed by atoms with Crippen molar-refractivity contribution in [2.75, 3.05) is 7.11 Å². The van der Waals surface area contributed by atoms with E-state index < -0.39 is 5.97 Å². The van der Waals surface area contributed by atoms with Gasteiger partial charge in [0.2, 0.25) is 0 Å². The van der Waals surface area contributed by atoms with E-state index in [9.17, 15) is 4.79 Å². The van der Waals surface area contributed by atoms with Crippen LogP contribution >= 0.6 is 11.5 Å². The number of benzene rings is 1. The SMILES string of the molecule is COC(=O)c1cc(-c2cccc3cc[nH]c23)sn1. The lowest BCUT2D eigenvalue weighted by Gasteiger charge is -1.98. The van der Waals surface area contributed by atoms with Crippen LogP contribution in [0, 0.1) is 0 Å². The van der Waals surface area contributed by atoms with Crippen LogP contribution in [0.4, 0.5) is 0 Å². The number of aromatic amines is 1. The first-order valence-corrected chi connectivity index (χ1v) is 6.18. The summed E-state index contributed by atoms with van der Waals surface area (Å²) >= 11 is 1.29. The third-order valence-electron chi connectivity index (χ3n) is 2.76. The number of esters is 1. The minimum Gasteiger partial charge on any atom is -0.464 e. The molecule has 0 aliphatic heterocycles. The summed E-state index contributed by atoms with van der Waals surface area (Å²) in [4.78, 5) is 15.5. The zero-order valence-corrected chi connectivity index (χ0v) is 10.5. The summed E-state index contributed by atoms with van der Waals surface area (Å²) in [5, 5.41) is 1.14. The number of carbonyl (C=O) groups excluding carboxylic acids is 1. The van der Waals surface area contributed by atoms with E-state index >= 15 is 0 Å². The number of methoxy groups -OCH3 is 1. The standard InChI is InChI=1S/C13H10N2O2S/c1-17-13(16)10-7-11(18-15-10)9-4-2-3-8-5-6-14-12(8)9/h2-7,14H,1H3. The van der Waals surface area contributed by atoms with Crippen molar-refractivity contribution in [3.63, 3.8) is 0 Å². The van der Waals surface area contributed by atoms with Gasteiger partial charge in [0.05, 0.1) is 17.5 Å². The van der Waals surface area contributed by atoms with Crippen LogP contribution in [0.15, 0.2) is 36.5 Å². The lowest BCUT2D eigenvalue weighted by Crippen LogP contribution is -2.00. The fraction of sp³-hybridized carbons (Fsp3) is 0.0769. The number of fused-ring (bicyclic) bond motifs is 1. The molecule has 0 aliphatic rings. The molecule has 0 saturated carbocycles. The number of rotatable bonds is 2. The summed E-state index contributed by atoms with van der Waals surface area (Å²) in [5.41, 5.74) is 2.45. The fourth-order valence-electron chi connectivity index (χ4n) is 1.89. The molecular formula is C13H10N2O2S. The summed E-state index contributed by atoms with van der Waals surface area (Å²) in [6.07, 6.45) is 1.90. The van der Waals surface area contributed by atoms with E-state index in [1.165, 1.54) is 18.6 Å². The number of ether oxygens (including phenoxy) is 1. The molecule has 4 nitrogen and oxygen atoms in total. The molecule has 0 unspecified atom stereocenters. The van der Waals surface area contributed by atoms with Crippen LogP contribution in [0.5, 0.6) is 0 Å². The smallest absolute Gasteiger partial charge is 0.357 e. The highest BCUT2D eigenvalue weighted by Crippen LogP contribution is 2.30. The van der Waals surface area contributed by atoms with Crippen molar-refractivity contribution >= 4 is 28.4 Å². The largest absolute Gasteiger partial charge is 0.464 e. The van der Waals surface area contributed by atoms with Gasteiger partial charge in [0.1, 0.15) is 0 Å². The maximum Gasteiger partial charge on any atom is 0.357 e. The molecule has 90 valence electrons. The predicted octanol–water partition coefficient (Wildman–Crippen LogP) is 3.08. The second-order valence-electron chi connectivity index (χ2n) is 3.82. The second-order valence-corrected chi connectivity index (χ2v) is 4.62. The second kappa shape index (κ2) is 4.27. The number of aromatic nitrogens is 2. The zero-order chi connectivity index (χ0) is 12.5. The van der Waals surface area contributed by atoms with Gasteiger partial charge in [-0.1, -0.05) is 18.2 Å². The molecule has 0 fully saturated rings. The molecule has 2 heterocycles. The molecule has 0 aliphatic carbocycles. The topological polar surface area (TPSA) is 55.0 Å². The van der Waals surface area contributed by atoms with Gasteiger partial charge >= 0.3 is 5.97 Å². The van der Waals surface area contributed by atoms with E-state index in [4.69, 9.17) is 0 Å². The van der Waals surface area contributed by atoms with Gasteiger partial charge in [0, 0.05) is 17.1 Å². The first kappa shape index (κ1) is 11.0. The predicted molar refractivity (Wildman–Crippen MR) is 70.7 cm³/mol. The third kappa shape index (κ3) is 1.69. The van der Waals surface area contributed by atoms with Crippen molar-refractivity contribution in [2.24, 2.45) is 0 Å². The van der Waals surface area contributed by atoms with Crippen LogP contribution < -0.4 is 0 Å². The van der Waals surface area contributed by atoms with Crippen molar-refractivity contribution in [3.8, 4) is 10.4 Å². The minimum absolute atomic E-state index is 0.348. The fourth-order valence-corrected chi connectivity index (χ4v) is 2.65. The Kier molecular flexibility index (Phi) is 2.60. The van der Waals surface area contributed by atoms with Crippen molar-refractivity contribution in [1.82, 2.24) is 9.36 Å². The number of hydrogen-bond donors (Lipinski definition) is 1. The summed E-state index contributed by atoms with van der Waals surface area (Å²) in [6, 6.07) is 9.81. The highest BCUT2D eigenvalue weighted by molar-refractivity contribution is 7.09. The Morgan fingerprint density at radius 1 is 1.39 bits per heavy atom. The Bertz CT molecular complexity index is 714. The molecule has 3 rings (SSSR count). The number of carbonyl (C=O) groups is 1. The van der Waals surface area contributed by atoms with Gasteiger partial charge in [0.25, 0.3) is 0 Å². The van der Waals surface area contributed by atoms with Gasteiger partial charge in [0.15, 0.2) is 5.69 Å². The zero-order valence-electron chi connectivity index (χ0n) is 9.64. The molecule has 0 bridgehead atoms. The minimum atomic E-state index is -0.406. The van der Waals surface area contributed by atoms with E-state index in [1.807, 2.05) is 30.5 Å². The van der Waals surface area contributed by atoms with Crippen LogP contribution in [-0.4, -0.2) is 22.4 Å². The van der Waals surface area contributed by atoms with Crippen LogP contribution in [-0.2, 0) is 4.74 Å². The summed E-state index contributed by atoms with van der Waals surface area (Å²) in [6.45, 7) is 0. The Morgan fingerprint density at radius 3 is 3.11 bits per heavy atom. The lowest BCUT2D eigenvalue weighted by atomic mass is 10.1. The summed E-state index contributed by atoms with van der Waals surface area (Å²) < 4.78 is 8.76. The molecule has 5 heteroatoms. The first-order chi connectivity index (χ1) is 8.79. The van der Waals surface area contributed by atoms with Crippen LogP contribution in [0.3, 0.4) is 0 Å². The van der Waals surface area contributed by atoms with Crippen LogP contribution in [0.25, 0.3) is 21.3 Å². The highest BCUT2D eigenvalue weighted by Gasteiger charge is 2.13. The number of para-hydroxylation sites is 1. The monoisotopic (exact) mass is 258 g/mol. The molecule has 18 heavy (non-hydrogen) atoms. The van der Waals surface area contributed by atoms with Crippen molar-refractivity contribution in [2.45, 2.75) is 0 Å². The maximum atomic E-state index is 11.4. The first-order valence-electron chi connectivity index (χ1n) is 5.41. The van der Waals surface area contributed by atoms with Gasteiger partial charge in [-0.25, -0.2) is 4.79 Å². The lowest BCUT2D eigenvalue weighted by molar-refractivity contribution is 0.0595. The molecule has 2 aromatic heterocycles. The van der Waals surface area contributed by atoms with Crippen LogP contribution in [0.2, 0.25) is 0 Å². The molecule has 1 aromatic carbocycles. The van der Waals surface area contributed by atoms with Crippen molar-refractivity contribution < 1.29 is 9.53 Å². The van der Waals surface area contributed by atoms with Crippen molar-refractivity contribution in [1.29, 1.82) is 0 Å². The highest BCUT2D eigenvalue weighted by atomic mass is 32.1. The Hall–Kier alpha value is -2.14. The molecule has 0 amide bonds. The normalized spacial score (nSPS) is 10.7. The Morgan fingerprint density at radius 2 is 2.28 bits per heavy atom.